The quantitative estimate of drug-likeness (QED) is 0.168. The summed E-state index contributed by atoms with van der Waals surface area (Å²) >= 11 is 0. The van der Waals surface area contributed by atoms with E-state index in [0.717, 1.165) is 49.2 Å². The van der Waals surface area contributed by atoms with Crippen molar-refractivity contribution in [3.8, 4) is 44.5 Å². The highest BCUT2D eigenvalue weighted by Gasteiger charge is 2.21. The summed E-state index contributed by atoms with van der Waals surface area (Å²) in [6.45, 7) is 0. The van der Waals surface area contributed by atoms with E-state index in [4.69, 9.17) is 16.8 Å². The van der Waals surface area contributed by atoms with Crippen LogP contribution in [0.4, 0.5) is 0 Å². The molecular formula is C52H32O. The summed E-state index contributed by atoms with van der Waals surface area (Å²) in [5.41, 5.74) is 4.67. The molecule has 1 aromatic heterocycles. The van der Waals surface area contributed by atoms with Gasteiger partial charge < -0.3 is 4.42 Å². The summed E-state index contributed by atoms with van der Waals surface area (Å²) in [6.07, 6.45) is 0. The lowest BCUT2D eigenvalue weighted by Crippen LogP contribution is -1.92. The molecule has 0 fully saturated rings. The summed E-state index contributed by atoms with van der Waals surface area (Å²) in [5.74, 6) is 0. The normalized spacial score (nSPS) is 15.2. The first kappa shape index (κ1) is 19.6. The Labute approximate surface area is 325 Å². The van der Waals surface area contributed by atoms with Crippen molar-refractivity contribution in [2.45, 2.75) is 0 Å². The van der Waals surface area contributed by atoms with Gasteiger partial charge in [-0.1, -0.05) is 176 Å². The van der Waals surface area contributed by atoms with E-state index in [1.165, 1.54) is 0 Å². The minimum atomic E-state index is -0.718. The Kier molecular flexibility index (Phi) is 4.36. The highest BCUT2D eigenvalue weighted by atomic mass is 16.3. The molecule has 0 spiro atoms. The van der Waals surface area contributed by atoms with E-state index in [0.29, 0.717) is 22.1 Å². The van der Waals surface area contributed by atoms with Gasteiger partial charge in [-0.2, -0.15) is 0 Å². The van der Waals surface area contributed by atoms with Crippen LogP contribution in [0.5, 0.6) is 0 Å². The van der Waals surface area contributed by atoms with Crippen molar-refractivity contribution in [2.75, 3.05) is 0 Å². The monoisotopic (exact) mass is 685 g/mol. The average Bonchev–Trinajstić information content (AvgIpc) is 3.73. The SMILES string of the molecule is [2H]c1c([2H])c([2H])c(-c2c3c([2H])c([2H])c([2H])c([2H])c3c(-c3ccc(-c4cccc5oc6cccc(-c7ccc8ccccc8c7)c6c45)c4ccccc34)c3c([2H])c([2H])c([2H])c([2H])c23)c([2H])c1[2H]. The summed E-state index contributed by atoms with van der Waals surface area (Å²) < 4.78 is 123. The van der Waals surface area contributed by atoms with E-state index < -0.39 is 84.1 Å². The number of furan rings is 1. The van der Waals surface area contributed by atoms with Gasteiger partial charge in [-0.05, 0) is 106 Å². The Bertz CT molecular complexity index is 3880. The molecule has 0 aliphatic heterocycles. The van der Waals surface area contributed by atoms with Crippen LogP contribution in [-0.4, -0.2) is 0 Å². The lowest BCUT2D eigenvalue weighted by atomic mass is 9.83. The van der Waals surface area contributed by atoms with E-state index in [1.807, 2.05) is 72.8 Å². The maximum Gasteiger partial charge on any atom is 0.136 e. The van der Waals surface area contributed by atoms with Crippen LogP contribution in [0.2, 0.25) is 0 Å². The fraction of sp³-hybridized carbons (Fsp3) is 0. The van der Waals surface area contributed by atoms with Crippen LogP contribution < -0.4 is 0 Å². The van der Waals surface area contributed by atoms with E-state index in [9.17, 15) is 5.48 Å². The van der Waals surface area contributed by atoms with Gasteiger partial charge in [-0.15, -0.1) is 0 Å². The molecule has 246 valence electrons. The second kappa shape index (κ2) is 11.8. The smallest absolute Gasteiger partial charge is 0.136 e. The van der Waals surface area contributed by atoms with Gasteiger partial charge in [0.2, 0.25) is 0 Å². The Morgan fingerprint density at radius 3 is 1.58 bits per heavy atom. The summed E-state index contributed by atoms with van der Waals surface area (Å²) in [5, 5.41) is 4.53. The highest BCUT2D eigenvalue weighted by Crippen LogP contribution is 2.48. The van der Waals surface area contributed by atoms with Gasteiger partial charge in [0, 0.05) is 10.8 Å². The summed E-state index contributed by atoms with van der Waals surface area (Å²) in [7, 11) is 0. The molecule has 0 atom stereocenters. The molecule has 1 heterocycles. The van der Waals surface area contributed by atoms with Crippen LogP contribution in [-0.2, 0) is 0 Å². The maximum atomic E-state index is 9.47. The predicted octanol–water partition coefficient (Wildman–Crippen LogP) is 14.9. The van der Waals surface area contributed by atoms with Crippen molar-refractivity contribution in [1.29, 1.82) is 0 Å². The number of fused-ring (bicyclic) bond motifs is 7. The molecule has 0 saturated carbocycles. The van der Waals surface area contributed by atoms with E-state index in [-0.39, 0.29) is 32.7 Å². The van der Waals surface area contributed by atoms with Gasteiger partial charge in [0.15, 0.2) is 0 Å². The van der Waals surface area contributed by atoms with E-state index in [2.05, 4.69) is 36.4 Å². The van der Waals surface area contributed by atoms with Gasteiger partial charge in [0.1, 0.15) is 11.2 Å². The van der Waals surface area contributed by atoms with Crippen molar-refractivity contribution in [1.82, 2.24) is 0 Å². The first-order valence-corrected chi connectivity index (χ1v) is 17.2. The Balaban J connectivity index is 1.28. The van der Waals surface area contributed by atoms with Crippen molar-refractivity contribution < 1.29 is 22.2 Å². The van der Waals surface area contributed by atoms with E-state index in [1.54, 1.807) is 6.07 Å². The molecule has 0 aliphatic carbocycles. The zero-order valence-corrected chi connectivity index (χ0v) is 27.9. The van der Waals surface area contributed by atoms with Gasteiger partial charge in [-0.3, -0.25) is 0 Å². The third kappa shape index (κ3) is 4.58. The minimum absolute atomic E-state index is 0.0726. The fourth-order valence-corrected chi connectivity index (χ4v) is 7.96. The van der Waals surface area contributed by atoms with Crippen LogP contribution in [0.3, 0.4) is 0 Å². The molecule has 1 heteroatoms. The minimum Gasteiger partial charge on any atom is -0.456 e. The molecule has 0 unspecified atom stereocenters. The van der Waals surface area contributed by atoms with Gasteiger partial charge in [0.05, 0.1) is 17.8 Å². The lowest BCUT2D eigenvalue weighted by Gasteiger charge is -2.20. The van der Waals surface area contributed by atoms with E-state index >= 15 is 0 Å². The third-order valence-corrected chi connectivity index (χ3v) is 10.2. The van der Waals surface area contributed by atoms with Crippen molar-refractivity contribution in [3.05, 3.63) is 194 Å². The Morgan fingerprint density at radius 2 is 0.887 bits per heavy atom. The zero-order valence-electron chi connectivity index (χ0n) is 40.9. The van der Waals surface area contributed by atoms with Gasteiger partial charge in [-0.25, -0.2) is 0 Å². The van der Waals surface area contributed by atoms with Crippen molar-refractivity contribution >= 4 is 65.0 Å². The average molecular weight is 686 g/mol. The molecule has 10 aromatic carbocycles. The molecule has 0 amide bonds. The molecule has 1 nitrogen and oxygen atoms in total. The molecule has 53 heavy (non-hydrogen) atoms. The van der Waals surface area contributed by atoms with Crippen LogP contribution in [0.15, 0.2) is 198 Å². The summed E-state index contributed by atoms with van der Waals surface area (Å²) in [4.78, 5) is 0. The number of benzene rings is 10. The largest absolute Gasteiger partial charge is 0.456 e. The Morgan fingerprint density at radius 1 is 0.340 bits per heavy atom. The molecule has 11 rings (SSSR count). The molecule has 0 aliphatic rings. The van der Waals surface area contributed by atoms with Crippen LogP contribution in [0.1, 0.15) is 17.8 Å². The summed E-state index contributed by atoms with van der Waals surface area (Å²) in [6, 6.07) is 29.1. The topological polar surface area (TPSA) is 13.1 Å². The zero-order chi connectivity index (χ0) is 46.2. The highest BCUT2D eigenvalue weighted by molar-refractivity contribution is 6.25. The van der Waals surface area contributed by atoms with Crippen LogP contribution >= 0.6 is 0 Å². The second-order valence-corrected chi connectivity index (χ2v) is 13.0. The fourth-order valence-electron chi connectivity index (χ4n) is 7.96. The van der Waals surface area contributed by atoms with Gasteiger partial charge in [0.25, 0.3) is 0 Å². The number of hydrogen-bond donors (Lipinski definition) is 0. The molecule has 0 N–H and O–H groups in total. The lowest BCUT2D eigenvalue weighted by molar-refractivity contribution is 0.669. The molecule has 0 radical (unpaired) electrons. The Hall–Kier alpha value is -6.96. The van der Waals surface area contributed by atoms with Crippen LogP contribution in [0, 0.1) is 0 Å². The molecule has 11 aromatic rings. The van der Waals surface area contributed by atoms with Gasteiger partial charge >= 0.3 is 0 Å². The molecule has 0 bridgehead atoms. The van der Waals surface area contributed by atoms with Crippen molar-refractivity contribution in [2.24, 2.45) is 0 Å². The second-order valence-electron chi connectivity index (χ2n) is 13.0. The van der Waals surface area contributed by atoms with Crippen LogP contribution in [0.25, 0.3) is 110 Å². The number of hydrogen-bond acceptors (Lipinski definition) is 1. The first-order valence-electron chi connectivity index (χ1n) is 23.7. The maximum absolute atomic E-state index is 9.47. The predicted molar refractivity (Wildman–Crippen MR) is 225 cm³/mol. The number of rotatable bonds is 4. The molecule has 0 saturated heterocycles. The van der Waals surface area contributed by atoms with Crippen molar-refractivity contribution in [3.63, 3.8) is 0 Å². The first-order chi connectivity index (χ1) is 31.7. The standard InChI is InChI=1S/C52H32O/c1-2-15-34(16-3-1)49-42-20-8-10-22-44(42)50(45-23-11-9-21-43(45)49)46-31-30-40(38-18-6-7-19-39(38)46)41-25-13-27-48-52(41)51-37(24-12-26-47(51)53-48)36-29-28-33-14-4-5-17-35(33)32-36/h1-32H/i1D,2D,3D,8D,9D,10D,11D,15D,16D,20D,21D,22D,23D. The molecular weight excluding hydrogens is 641 g/mol. The third-order valence-electron chi connectivity index (χ3n) is 10.2.